The first-order chi connectivity index (χ1) is 13.0. The van der Waals surface area contributed by atoms with E-state index in [-0.39, 0.29) is 11.5 Å². The Labute approximate surface area is 158 Å². The van der Waals surface area contributed by atoms with Crippen molar-refractivity contribution in [3.8, 4) is 0 Å². The zero-order chi connectivity index (χ0) is 19.1. The number of carbonyl (C=O) groups excluding carboxylic acids is 1. The molecule has 142 valence electrons. The van der Waals surface area contributed by atoms with Crippen LogP contribution in [0.15, 0.2) is 29.2 Å². The van der Waals surface area contributed by atoms with Gasteiger partial charge in [-0.1, -0.05) is 25.3 Å². The maximum atomic E-state index is 13.3. The zero-order valence-corrected chi connectivity index (χ0v) is 16.2. The highest BCUT2D eigenvalue weighted by atomic mass is 16.2. The topological polar surface area (TPSA) is 59.6 Å². The van der Waals surface area contributed by atoms with E-state index >= 15 is 0 Å². The number of carbonyl (C=O) groups is 1. The van der Waals surface area contributed by atoms with E-state index in [0.29, 0.717) is 35.0 Å². The van der Waals surface area contributed by atoms with Crippen LogP contribution in [0.25, 0.3) is 16.7 Å². The summed E-state index contributed by atoms with van der Waals surface area (Å²) in [7, 11) is 1.82. The first-order valence-corrected chi connectivity index (χ1v) is 9.80. The third-order valence-electron chi connectivity index (χ3n) is 5.78. The summed E-state index contributed by atoms with van der Waals surface area (Å²) >= 11 is 0. The van der Waals surface area contributed by atoms with Gasteiger partial charge < -0.3 is 9.47 Å². The quantitative estimate of drug-likeness (QED) is 0.715. The van der Waals surface area contributed by atoms with Crippen molar-refractivity contribution < 1.29 is 4.79 Å². The molecule has 0 bridgehead atoms. The lowest BCUT2D eigenvalue weighted by Crippen LogP contribution is -2.41. The van der Waals surface area contributed by atoms with Gasteiger partial charge in [-0.3, -0.25) is 14.0 Å². The van der Waals surface area contributed by atoms with E-state index in [1.165, 1.54) is 19.3 Å². The number of hydrogen-bond donors (Lipinski definition) is 0. The lowest BCUT2D eigenvalue weighted by atomic mass is 9.94. The van der Waals surface area contributed by atoms with E-state index in [1.807, 2.05) is 37.9 Å². The highest BCUT2D eigenvalue weighted by molar-refractivity contribution is 5.98. The molecule has 1 aliphatic carbocycles. The molecule has 0 aliphatic heterocycles. The molecule has 0 unspecified atom stereocenters. The summed E-state index contributed by atoms with van der Waals surface area (Å²) in [5.74, 6) is -0.00506. The van der Waals surface area contributed by atoms with Gasteiger partial charge in [-0.25, -0.2) is 4.98 Å². The molecule has 1 fully saturated rings. The molecule has 1 amide bonds. The average molecular weight is 366 g/mol. The first kappa shape index (κ1) is 17.8. The fourth-order valence-electron chi connectivity index (χ4n) is 4.29. The zero-order valence-electron chi connectivity index (χ0n) is 16.2. The smallest absolute Gasteiger partial charge is 0.270 e. The van der Waals surface area contributed by atoms with E-state index in [9.17, 15) is 9.59 Å². The van der Waals surface area contributed by atoms with Gasteiger partial charge in [-0.15, -0.1) is 0 Å². The van der Waals surface area contributed by atoms with Gasteiger partial charge in [0, 0.05) is 25.8 Å². The monoisotopic (exact) mass is 366 g/mol. The van der Waals surface area contributed by atoms with Crippen LogP contribution in [0.3, 0.4) is 0 Å². The van der Waals surface area contributed by atoms with Crippen molar-refractivity contribution >= 4 is 22.6 Å². The minimum absolute atomic E-state index is 0.00506. The summed E-state index contributed by atoms with van der Waals surface area (Å²) in [4.78, 5) is 32.8. The van der Waals surface area contributed by atoms with E-state index < -0.39 is 0 Å². The average Bonchev–Trinajstić information content (AvgIpc) is 3.01. The summed E-state index contributed by atoms with van der Waals surface area (Å²) in [6, 6.07) is 5.79. The fraction of sp³-hybridized carbons (Fsp3) is 0.476. The lowest BCUT2D eigenvalue weighted by Gasteiger charge is -2.33. The van der Waals surface area contributed by atoms with Gasteiger partial charge in [0.1, 0.15) is 17.0 Å². The second-order valence-corrected chi connectivity index (χ2v) is 7.56. The molecule has 6 nitrogen and oxygen atoms in total. The van der Waals surface area contributed by atoms with Crippen LogP contribution < -0.4 is 5.56 Å². The standard InChI is InChI=1S/C21H26N4O2/c1-4-24(15-8-6-5-7-9-15)21(27)17-12-16-19(23(17)3)22-18-11-10-14(2)13-25(18)20(16)26/h10-13,15H,4-9H2,1-3H3. The molecule has 1 saturated carbocycles. The minimum Gasteiger partial charge on any atom is -0.335 e. The van der Waals surface area contributed by atoms with Gasteiger partial charge in [0.2, 0.25) is 0 Å². The lowest BCUT2D eigenvalue weighted by molar-refractivity contribution is 0.0638. The van der Waals surface area contributed by atoms with Crippen molar-refractivity contribution in [2.45, 2.75) is 52.0 Å². The molecule has 3 heterocycles. The SMILES string of the molecule is CCN(C(=O)c1cc2c(=O)n3cc(C)ccc3nc2n1C)C1CCCCC1. The van der Waals surface area contributed by atoms with Crippen LogP contribution in [0.2, 0.25) is 0 Å². The summed E-state index contributed by atoms with van der Waals surface area (Å²) in [5.41, 5.74) is 2.56. The van der Waals surface area contributed by atoms with E-state index in [0.717, 1.165) is 18.4 Å². The van der Waals surface area contributed by atoms with Crippen LogP contribution in [-0.2, 0) is 7.05 Å². The molecule has 6 heteroatoms. The van der Waals surface area contributed by atoms with Crippen LogP contribution in [0.1, 0.15) is 55.1 Å². The number of hydrogen-bond acceptors (Lipinski definition) is 3. The highest BCUT2D eigenvalue weighted by Crippen LogP contribution is 2.25. The number of pyridine rings is 1. The summed E-state index contributed by atoms with van der Waals surface area (Å²) in [6.45, 7) is 4.65. The van der Waals surface area contributed by atoms with Crippen molar-refractivity contribution in [2.24, 2.45) is 7.05 Å². The molecular formula is C21H26N4O2. The van der Waals surface area contributed by atoms with Crippen molar-refractivity contribution in [1.29, 1.82) is 0 Å². The Balaban J connectivity index is 1.83. The highest BCUT2D eigenvalue weighted by Gasteiger charge is 2.27. The van der Waals surface area contributed by atoms with Gasteiger partial charge in [0.15, 0.2) is 0 Å². The molecule has 0 radical (unpaired) electrons. The second-order valence-electron chi connectivity index (χ2n) is 7.56. The van der Waals surface area contributed by atoms with Crippen molar-refractivity contribution in [1.82, 2.24) is 18.9 Å². The molecule has 4 rings (SSSR count). The van der Waals surface area contributed by atoms with Gasteiger partial charge in [-0.05, 0) is 44.4 Å². The van der Waals surface area contributed by atoms with Crippen LogP contribution in [0.4, 0.5) is 0 Å². The Morgan fingerprint density at radius 2 is 2.00 bits per heavy atom. The van der Waals surface area contributed by atoms with Crippen LogP contribution in [0.5, 0.6) is 0 Å². The molecule has 0 aromatic carbocycles. The number of aryl methyl sites for hydroxylation is 2. The molecule has 3 aromatic rings. The maximum absolute atomic E-state index is 13.3. The Morgan fingerprint density at radius 1 is 1.26 bits per heavy atom. The van der Waals surface area contributed by atoms with E-state index in [4.69, 9.17) is 0 Å². The Bertz CT molecular complexity index is 1070. The van der Waals surface area contributed by atoms with Crippen molar-refractivity contribution in [2.75, 3.05) is 6.54 Å². The van der Waals surface area contributed by atoms with Gasteiger partial charge in [-0.2, -0.15) is 0 Å². The van der Waals surface area contributed by atoms with Crippen molar-refractivity contribution in [3.63, 3.8) is 0 Å². The van der Waals surface area contributed by atoms with Crippen molar-refractivity contribution in [3.05, 3.63) is 46.0 Å². The normalized spacial score (nSPS) is 15.5. The van der Waals surface area contributed by atoms with Gasteiger partial charge >= 0.3 is 0 Å². The Morgan fingerprint density at radius 3 is 2.70 bits per heavy atom. The number of aromatic nitrogens is 3. The minimum atomic E-state index is -0.130. The van der Waals surface area contributed by atoms with Gasteiger partial charge in [0.25, 0.3) is 11.5 Å². The Kier molecular flexibility index (Phi) is 4.50. The van der Waals surface area contributed by atoms with Crippen LogP contribution in [-0.4, -0.2) is 37.3 Å². The largest absolute Gasteiger partial charge is 0.335 e. The third-order valence-corrected chi connectivity index (χ3v) is 5.78. The van der Waals surface area contributed by atoms with Crippen LogP contribution in [0, 0.1) is 6.92 Å². The molecule has 27 heavy (non-hydrogen) atoms. The van der Waals surface area contributed by atoms with E-state index in [1.54, 1.807) is 21.2 Å². The molecule has 0 atom stereocenters. The second kappa shape index (κ2) is 6.83. The molecule has 0 saturated heterocycles. The number of fused-ring (bicyclic) bond motifs is 2. The maximum Gasteiger partial charge on any atom is 0.270 e. The van der Waals surface area contributed by atoms with Crippen LogP contribution >= 0.6 is 0 Å². The number of amides is 1. The van der Waals surface area contributed by atoms with Gasteiger partial charge in [0.05, 0.1) is 5.39 Å². The molecule has 0 N–H and O–H groups in total. The number of rotatable bonds is 3. The predicted molar refractivity (Wildman–Crippen MR) is 106 cm³/mol. The molecular weight excluding hydrogens is 340 g/mol. The number of nitrogens with zero attached hydrogens (tertiary/aromatic N) is 4. The Hall–Kier alpha value is -2.63. The predicted octanol–water partition coefficient (Wildman–Crippen LogP) is 3.29. The summed E-state index contributed by atoms with van der Waals surface area (Å²) in [6.07, 6.45) is 7.53. The third kappa shape index (κ3) is 2.93. The van der Waals surface area contributed by atoms with E-state index in [2.05, 4.69) is 4.98 Å². The summed E-state index contributed by atoms with van der Waals surface area (Å²) in [5, 5.41) is 0.489. The summed E-state index contributed by atoms with van der Waals surface area (Å²) < 4.78 is 3.33. The molecule has 3 aromatic heterocycles. The first-order valence-electron chi connectivity index (χ1n) is 9.80. The fourth-order valence-corrected chi connectivity index (χ4v) is 4.29. The molecule has 1 aliphatic rings. The molecule has 0 spiro atoms.